The van der Waals surface area contributed by atoms with Gasteiger partial charge in [-0.2, -0.15) is 4.31 Å². The third-order valence-corrected chi connectivity index (χ3v) is 5.23. The Kier molecular flexibility index (Phi) is 4.74. The highest BCUT2D eigenvalue weighted by Crippen LogP contribution is 2.09. The highest BCUT2D eigenvalue weighted by atomic mass is 32.2. The fourth-order valence-corrected chi connectivity index (χ4v) is 2.83. The van der Waals surface area contributed by atoms with Crippen molar-refractivity contribution in [2.24, 2.45) is 14.1 Å². The molecular weight excluding hydrogens is 302 g/mol. The Morgan fingerprint density at radius 1 is 1.38 bits per heavy atom. The van der Waals surface area contributed by atoms with E-state index >= 15 is 0 Å². The maximum absolute atomic E-state index is 12.0. The van der Waals surface area contributed by atoms with Gasteiger partial charge in [0.25, 0.3) is 5.56 Å². The fraction of sp³-hybridized carbons (Fsp3) is 0.545. The van der Waals surface area contributed by atoms with E-state index in [1.807, 2.05) is 0 Å². The lowest BCUT2D eigenvalue weighted by atomic mass is 10.3. The van der Waals surface area contributed by atoms with Gasteiger partial charge in [0.2, 0.25) is 10.0 Å². The summed E-state index contributed by atoms with van der Waals surface area (Å²) < 4.78 is 26.8. The molecule has 0 aromatic carbocycles. The lowest BCUT2D eigenvalue weighted by Gasteiger charge is -2.19. The number of carboxylic acid groups (broad SMARTS) is 1. The minimum Gasteiger partial charge on any atom is -0.480 e. The third kappa shape index (κ3) is 3.22. The van der Waals surface area contributed by atoms with Crippen LogP contribution in [0.5, 0.6) is 0 Å². The van der Waals surface area contributed by atoms with Crippen molar-refractivity contribution < 1.29 is 18.3 Å². The van der Waals surface area contributed by atoms with Crippen molar-refractivity contribution in [3.8, 4) is 0 Å². The molecule has 9 nitrogen and oxygen atoms in total. The van der Waals surface area contributed by atoms with Gasteiger partial charge in [0.1, 0.15) is 0 Å². The number of rotatable bonds is 5. The standard InChI is InChI=1S/C11H17N3O6S/c1-7(10(16)17)21(19,20)13(3)6-8-5-12(2)11(18)14(4)9(8)15/h5,7H,6H2,1-4H3,(H,16,17). The highest BCUT2D eigenvalue weighted by molar-refractivity contribution is 7.90. The molecule has 1 aromatic heterocycles. The molecule has 118 valence electrons. The first-order valence-electron chi connectivity index (χ1n) is 5.93. The smallest absolute Gasteiger partial charge is 0.330 e. The molecule has 0 fully saturated rings. The summed E-state index contributed by atoms with van der Waals surface area (Å²) in [6.07, 6.45) is 1.24. The Morgan fingerprint density at radius 3 is 2.38 bits per heavy atom. The van der Waals surface area contributed by atoms with Gasteiger partial charge >= 0.3 is 11.7 Å². The van der Waals surface area contributed by atoms with Gasteiger partial charge in [0.15, 0.2) is 5.25 Å². The number of carbonyl (C=O) groups is 1. The van der Waals surface area contributed by atoms with E-state index in [1.54, 1.807) is 0 Å². The predicted octanol–water partition coefficient (Wildman–Crippen LogP) is -1.68. The van der Waals surface area contributed by atoms with Crippen LogP contribution in [-0.2, 0) is 35.5 Å². The SMILES string of the molecule is CC(C(=O)O)S(=O)(=O)N(C)Cc1cn(C)c(=O)n(C)c1=O. The van der Waals surface area contributed by atoms with E-state index < -0.39 is 32.5 Å². The van der Waals surface area contributed by atoms with Gasteiger partial charge in [0.05, 0.1) is 0 Å². The molecule has 0 aliphatic carbocycles. The molecule has 1 atom stereocenters. The van der Waals surface area contributed by atoms with Crippen LogP contribution in [-0.4, -0.2) is 45.2 Å². The second-order valence-corrected chi connectivity index (χ2v) is 7.05. The first-order chi connectivity index (χ1) is 9.50. The Labute approximate surface area is 121 Å². The summed E-state index contributed by atoms with van der Waals surface area (Å²) >= 11 is 0. The zero-order valence-corrected chi connectivity index (χ0v) is 12.9. The Bertz CT molecular complexity index is 776. The number of hydrogen-bond donors (Lipinski definition) is 1. The molecule has 1 unspecified atom stereocenters. The number of carboxylic acids is 1. The first-order valence-corrected chi connectivity index (χ1v) is 7.44. The first kappa shape index (κ1) is 17.1. The molecule has 0 saturated carbocycles. The van der Waals surface area contributed by atoms with Gasteiger partial charge < -0.3 is 9.67 Å². The van der Waals surface area contributed by atoms with Crippen molar-refractivity contribution in [3.63, 3.8) is 0 Å². The van der Waals surface area contributed by atoms with Gasteiger partial charge in [-0.25, -0.2) is 13.2 Å². The van der Waals surface area contributed by atoms with E-state index in [1.165, 1.54) is 27.3 Å². The van der Waals surface area contributed by atoms with Gasteiger partial charge in [-0.3, -0.25) is 14.2 Å². The summed E-state index contributed by atoms with van der Waals surface area (Å²) in [6, 6.07) is 0. The summed E-state index contributed by atoms with van der Waals surface area (Å²) in [4.78, 5) is 34.3. The average Bonchev–Trinajstić information content (AvgIpc) is 2.41. The van der Waals surface area contributed by atoms with Crippen LogP contribution in [0.1, 0.15) is 12.5 Å². The largest absolute Gasteiger partial charge is 0.480 e. The van der Waals surface area contributed by atoms with Crippen molar-refractivity contribution >= 4 is 16.0 Å². The summed E-state index contributed by atoms with van der Waals surface area (Å²) in [7, 11) is -0.200. The van der Waals surface area contributed by atoms with Crippen molar-refractivity contribution in [1.82, 2.24) is 13.4 Å². The zero-order chi connectivity index (χ0) is 16.5. The third-order valence-electron chi connectivity index (χ3n) is 3.14. The van der Waals surface area contributed by atoms with Gasteiger partial charge in [-0.1, -0.05) is 0 Å². The molecule has 0 spiro atoms. The summed E-state index contributed by atoms with van der Waals surface area (Å²) in [5.74, 6) is -1.48. The molecule has 0 bridgehead atoms. The fourth-order valence-electron chi connectivity index (χ4n) is 1.72. The molecule has 0 amide bonds. The number of aryl methyl sites for hydroxylation is 1. The number of aliphatic carboxylic acids is 1. The van der Waals surface area contributed by atoms with E-state index in [9.17, 15) is 22.8 Å². The molecule has 1 rings (SSSR count). The maximum atomic E-state index is 12.0. The van der Waals surface area contributed by atoms with Crippen LogP contribution in [0.25, 0.3) is 0 Å². The van der Waals surface area contributed by atoms with Crippen molar-refractivity contribution in [2.75, 3.05) is 7.05 Å². The predicted molar refractivity (Wildman–Crippen MR) is 74.4 cm³/mol. The van der Waals surface area contributed by atoms with Crippen molar-refractivity contribution in [1.29, 1.82) is 0 Å². The zero-order valence-electron chi connectivity index (χ0n) is 12.1. The van der Waals surface area contributed by atoms with E-state index in [-0.39, 0.29) is 12.1 Å². The highest BCUT2D eigenvalue weighted by Gasteiger charge is 2.32. The van der Waals surface area contributed by atoms with Crippen LogP contribution in [0.4, 0.5) is 0 Å². The minimum atomic E-state index is -4.09. The Balaban J connectivity index is 3.22. The number of nitrogens with zero attached hydrogens (tertiary/aromatic N) is 3. The van der Waals surface area contributed by atoms with Crippen LogP contribution in [0, 0.1) is 0 Å². The molecule has 1 heterocycles. The van der Waals surface area contributed by atoms with Crippen LogP contribution < -0.4 is 11.2 Å². The van der Waals surface area contributed by atoms with Gasteiger partial charge in [-0.05, 0) is 6.92 Å². The van der Waals surface area contributed by atoms with E-state index in [0.717, 1.165) is 20.4 Å². The molecule has 21 heavy (non-hydrogen) atoms. The Hall–Kier alpha value is -1.94. The van der Waals surface area contributed by atoms with Crippen molar-refractivity contribution in [2.45, 2.75) is 18.7 Å². The summed E-state index contributed by atoms with van der Waals surface area (Å²) in [5.41, 5.74) is -1.08. The van der Waals surface area contributed by atoms with Gasteiger partial charge in [-0.15, -0.1) is 0 Å². The van der Waals surface area contributed by atoms with Crippen molar-refractivity contribution in [3.05, 3.63) is 32.6 Å². The summed E-state index contributed by atoms with van der Waals surface area (Å²) in [5, 5.41) is 7.17. The maximum Gasteiger partial charge on any atom is 0.330 e. The number of sulfonamides is 1. The molecule has 10 heteroatoms. The van der Waals surface area contributed by atoms with E-state index in [0.29, 0.717) is 0 Å². The normalized spacial score (nSPS) is 13.4. The minimum absolute atomic E-state index is 0.0725. The molecule has 0 aliphatic rings. The van der Waals surface area contributed by atoms with Crippen LogP contribution >= 0.6 is 0 Å². The lowest BCUT2D eigenvalue weighted by molar-refractivity contribution is -0.136. The summed E-state index contributed by atoms with van der Waals surface area (Å²) in [6.45, 7) is 0.730. The van der Waals surface area contributed by atoms with E-state index in [2.05, 4.69) is 0 Å². The van der Waals surface area contributed by atoms with Crippen LogP contribution in [0.15, 0.2) is 15.8 Å². The molecule has 0 aliphatic heterocycles. The number of aromatic nitrogens is 2. The van der Waals surface area contributed by atoms with Crippen LogP contribution in [0.3, 0.4) is 0 Å². The molecule has 0 radical (unpaired) electrons. The molecule has 1 N–H and O–H groups in total. The second kappa shape index (κ2) is 5.82. The topological polar surface area (TPSA) is 119 Å². The molecule has 0 saturated heterocycles. The van der Waals surface area contributed by atoms with Gasteiger partial charge in [0, 0.05) is 39.4 Å². The Morgan fingerprint density at radius 2 is 1.90 bits per heavy atom. The number of hydrogen-bond acceptors (Lipinski definition) is 5. The average molecular weight is 319 g/mol. The monoisotopic (exact) mass is 319 g/mol. The quantitative estimate of drug-likeness (QED) is 0.692. The molecule has 1 aromatic rings. The lowest BCUT2D eigenvalue weighted by Crippen LogP contribution is -2.42. The van der Waals surface area contributed by atoms with Crippen LogP contribution in [0.2, 0.25) is 0 Å². The molecular formula is C11H17N3O6S. The second-order valence-electron chi connectivity index (χ2n) is 4.69. The van der Waals surface area contributed by atoms with E-state index in [4.69, 9.17) is 5.11 Å².